The molecule has 0 atom stereocenters. The third-order valence-electron chi connectivity index (χ3n) is 4.75. The Kier molecular flexibility index (Phi) is 6.44. The molecular formula is C22H21FN6OS. The predicted molar refractivity (Wildman–Crippen MR) is 120 cm³/mol. The van der Waals surface area contributed by atoms with Gasteiger partial charge in [-0.2, -0.15) is 9.49 Å². The Morgan fingerprint density at radius 2 is 1.81 bits per heavy atom. The molecule has 0 saturated heterocycles. The van der Waals surface area contributed by atoms with Crippen molar-refractivity contribution in [3.8, 4) is 5.69 Å². The van der Waals surface area contributed by atoms with Crippen molar-refractivity contribution in [2.45, 2.75) is 18.0 Å². The first-order valence-corrected chi connectivity index (χ1v) is 10.4. The highest BCUT2D eigenvalue weighted by molar-refractivity contribution is 7.93. The molecule has 0 fully saturated rings. The van der Waals surface area contributed by atoms with Crippen LogP contribution in [0, 0.1) is 5.82 Å². The Morgan fingerprint density at radius 3 is 2.48 bits per heavy atom. The van der Waals surface area contributed by atoms with Gasteiger partial charge in [0.05, 0.1) is 5.69 Å². The van der Waals surface area contributed by atoms with Crippen LogP contribution >= 0.6 is 12.0 Å². The van der Waals surface area contributed by atoms with E-state index < -0.39 is 5.82 Å². The van der Waals surface area contributed by atoms with Gasteiger partial charge < -0.3 is 14.8 Å². The van der Waals surface area contributed by atoms with Gasteiger partial charge in [0.1, 0.15) is 6.33 Å². The number of anilines is 2. The molecule has 9 heteroatoms. The minimum absolute atomic E-state index is 0.145. The van der Waals surface area contributed by atoms with Gasteiger partial charge in [-0.25, -0.2) is 14.6 Å². The van der Waals surface area contributed by atoms with E-state index >= 15 is 4.39 Å². The first-order valence-electron chi connectivity index (χ1n) is 9.59. The third-order valence-corrected chi connectivity index (χ3v) is 5.23. The number of rotatable bonds is 8. The SMILES string of the molecule is CN(Cc1ccc(-n2cccn2)cc1)c1ncnc(NCc2ccc(SO)cc2)c1F. The van der Waals surface area contributed by atoms with E-state index in [1.54, 1.807) is 35.0 Å². The molecule has 0 aliphatic heterocycles. The van der Waals surface area contributed by atoms with E-state index in [1.807, 2.05) is 48.7 Å². The highest BCUT2D eigenvalue weighted by atomic mass is 32.2. The molecule has 0 amide bonds. The zero-order valence-electron chi connectivity index (χ0n) is 16.8. The molecule has 0 bridgehead atoms. The van der Waals surface area contributed by atoms with E-state index in [1.165, 1.54) is 6.33 Å². The van der Waals surface area contributed by atoms with Crippen molar-refractivity contribution in [1.82, 2.24) is 19.7 Å². The maximum Gasteiger partial charge on any atom is 0.207 e. The predicted octanol–water partition coefficient (Wildman–Crippen LogP) is 4.62. The lowest BCUT2D eigenvalue weighted by molar-refractivity contribution is 0.610. The first kappa shape index (κ1) is 20.8. The van der Waals surface area contributed by atoms with Crippen LogP contribution < -0.4 is 10.2 Å². The van der Waals surface area contributed by atoms with Gasteiger partial charge in [-0.15, -0.1) is 0 Å². The van der Waals surface area contributed by atoms with Crippen molar-refractivity contribution in [2.24, 2.45) is 0 Å². The molecule has 7 nitrogen and oxygen atoms in total. The molecule has 2 N–H and O–H groups in total. The number of halogens is 1. The molecule has 31 heavy (non-hydrogen) atoms. The van der Waals surface area contributed by atoms with Crippen LogP contribution in [0.3, 0.4) is 0 Å². The highest BCUT2D eigenvalue weighted by Crippen LogP contribution is 2.23. The fourth-order valence-electron chi connectivity index (χ4n) is 3.13. The molecule has 0 radical (unpaired) electrons. The van der Waals surface area contributed by atoms with E-state index in [0.717, 1.165) is 21.7 Å². The molecule has 0 aliphatic rings. The summed E-state index contributed by atoms with van der Waals surface area (Å²) < 4.78 is 25.8. The van der Waals surface area contributed by atoms with Crippen LogP contribution in [0.1, 0.15) is 11.1 Å². The van der Waals surface area contributed by atoms with Crippen molar-refractivity contribution < 1.29 is 8.94 Å². The summed E-state index contributed by atoms with van der Waals surface area (Å²) in [6.45, 7) is 0.898. The Morgan fingerprint density at radius 1 is 1.06 bits per heavy atom. The number of hydrogen-bond acceptors (Lipinski definition) is 7. The average molecular weight is 437 g/mol. The van der Waals surface area contributed by atoms with Crippen molar-refractivity contribution >= 4 is 23.7 Å². The average Bonchev–Trinajstić information content (AvgIpc) is 3.34. The summed E-state index contributed by atoms with van der Waals surface area (Å²) in [5.74, 6) is -0.132. The van der Waals surface area contributed by atoms with E-state index in [9.17, 15) is 0 Å². The quantitative estimate of drug-likeness (QED) is 0.390. The summed E-state index contributed by atoms with van der Waals surface area (Å²) in [6, 6.07) is 17.1. The lowest BCUT2D eigenvalue weighted by Gasteiger charge is -2.20. The Labute approximate surface area is 183 Å². The summed E-state index contributed by atoms with van der Waals surface area (Å²) >= 11 is 0.689. The summed E-state index contributed by atoms with van der Waals surface area (Å²) in [4.78, 5) is 10.7. The smallest absolute Gasteiger partial charge is 0.207 e. The molecule has 4 aromatic rings. The largest absolute Gasteiger partial charge is 0.363 e. The van der Waals surface area contributed by atoms with Crippen molar-refractivity contribution in [2.75, 3.05) is 17.3 Å². The van der Waals surface area contributed by atoms with Gasteiger partial charge in [0.2, 0.25) is 5.82 Å². The van der Waals surface area contributed by atoms with Gasteiger partial charge in [0.15, 0.2) is 11.6 Å². The summed E-state index contributed by atoms with van der Waals surface area (Å²) in [5, 5.41) is 7.23. The minimum atomic E-state index is -0.499. The Balaban J connectivity index is 1.42. The summed E-state index contributed by atoms with van der Waals surface area (Å²) in [6.07, 6.45) is 4.96. The van der Waals surface area contributed by atoms with Crippen LogP contribution in [0.2, 0.25) is 0 Å². The van der Waals surface area contributed by atoms with Gasteiger partial charge in [0, 0.05) is 49.5 Å². The molecular weight excluding hydrogens is 415 g/mol. The maximum atomic E-state index is 15.0. The third kappa shape index (κ3) is 5.01. The molecule has 2 heterocycles. The molecule has 4 rings (SSSR count). The van der Waals surface area contributed by atoms with Crippen molar-refractivity contribution in [3.63, 3.8) is 0 Å². The summed E-state index contributed by atoms with van der Waals surface area (Å²) in [5.41, 5.74) is 2.93. The highest BCUT2D eigenvalue weighted by Gasteiger charge is 2.15. The molecule has 0 saturated carbocycles. The van der Waals surface area contributed by atoms with Gasteiger partial charge in [-0.05, 0) is 41.5 Å². The second kappa shape index (κ2) is 9.59. The fraction of sp³-hybridized carbons (Fsp3) is 0.136. The van der Waals surface area contributed by atoms with Crippen LogP contribution in [-0.4, -0.2) is 31.3 Å². The van der Waals surface area contributed by atoms with E-state index in [4.69, 9.17) is 4.55 Å². The first-order chi connectivity index (χ1) is 15.1. The van der Waals surface area contributed by atoms with Crippen LogP contribution in [0.25, 0.3) is 5.69 Å². The fourth-order valence-corrected chi connectivity index (χ4v) is 3.39. The summed E-state index contributed by atoms with van der Waals surface area (Å²) in [7, 11) is 1.79. The van der Waals surface area contributed by atoms with E-state index in [-0.39, 0.29) is 11.6 Å². The molecule has 0 aliphatic carbocycles. The number of hydrogen-bond donors (Lipinski definition) is 2. The molecule has 2 aromatic carbocycles. The maximum absolute atomic E-state index is 15.0. The normalized spacial score (nSPS) is 10.8. The number of aromatic nitrogens is 4. The Bertz CT molecular complexity index is 1120. The molecule has 158 valence electrons. The van der Waals surface area contributed by atoms with E-state index in [2.05, 4.69) is 20.4 Å². The second-order valence-electron chi connectivity index (χ2n) is 6.92. The minimum Gasteiger partial charge on any atom is -0.363 e. The molecule has 0 unspecified atom stereocenters. The van der Waals surface area contributed by atoms with Gasteiger partial charge in [0.25, 0.3) is 0 Å². The second-order valence-corrected chi connectivity index (χ2v) is 7.58. The zero-order chi connectivity index (χ0) is 21.6. The molecule has 0 spiro atoms. The van der Waals surface area contributed by atoms with Gasteiger partial charge in [-0.1, -0.05) is 24.3 Å². The number of nitrogens with zero attached hydrogens (tertiary/aromatic N) is 5. The lowest BCUT2D eigenvalue weighted by atomic mass is 10.2. The topological polar surface area (TPSA) is 79.1 Å². The number of benzene rings is 2. The van der Waals surface area contributed by atoms with E-state index in [0.29, 0.717) is 25.1 Å². The van der Waals surface area contributed by atoms with Crippen LogP contribution in [0.5, 0.6) is 0 Å². The van der Waals surface area contributed by atoms with Crippen molar-refractivity contribution in [3.05, 3.63) is 90.3 Å². The van der Waals surface area contributed by atoms with Gasteiger partial charge >= 0.3 is 0 Å². The van der Waals surface area contributed by atoms with Crippen molar-refractivity contribution in [1.29, 1.82) is 0 Å². The van der Waals surface area contributed by atoms with Crippen LogP contribution in [0.4, 0.5) is 16.0 Å². The number of nitrogens with one attached hydrogen (secondary N) is 1. The standard InChI is InChI=1S/C22H21FN6OS/c1-28(14-17-3-7-18(8-4-17)29-12-2-11-27-29)22-20(23)21(25-15-26-22)24-13-16-5-9-19(31-30)10-6-16/h2-12,15,30H,13-14H2,1H3,(H,24,25,26). The van der Waals surface area contributed by atoms with Crippen LogP contribution in [-0.2, 0) is 13.1 Å². The van der Waals surface area contributed by atoms with Gasteiger partial charge in [-0.3, -0.25) is 0 Å². The molecule has 2 aromatic heterocycles. The Hall–Kier alpha value is -3.43. The lowest BCUT2D eigenvalue weighted by Crippen LogP contribution is -2.20. The zero-order valence-corrected chi connectivity index (χ0v) is 17.6. The monoisotopic (exact) mass is 436 g/mol. The van der Waals surface area contributed by atoms with Crippen LogP contribution in [0.15, 0.2) is 78.2 Å².